The zero-order valence-corrected chi connectivity index (χ0v) is 14.2. The Kier molecular flexibility index (Phi) is 6.64. The Labute approximate surface area is 135 Å². The third-order valence-corrected chi connectivity index (χ3v) is 4.60. The van der Waals surface area contributed by atoms with Gasteiger partial charge >= 0.3 is 0 Å². The first-order valence-corrected chi connectivity index (χ1v) is 8.56. The molecule has 1 aromatic rings. The molecule has 1 aliphatic carbocycles. The van der Waals surface area contributed by atoms with E-state index >= 15 is 0 Å². The van der Waals surface area contributed by atoms with Crippen LogP contribution in [0.15, 0.2) is 22.8 Å². The van der Waals surface area contributed by atoms with Gasteiger partial charge in [0.05, 0.1) is 0 Å². The second kappa shape index (κ2) is 8.49. The summed E-state index contributed by atoms with van der Waals surface area (Å²) in [6, 6.07) is 4.30. The second-order valence-electron chi connectivity index (χ2n) is 5.74. The van der Waals surface area contributed by atoms with Crippen LogP contribution in [0.1, 0.15) is 49.0 Å². The van der Waals surface area contributed by atoms with E-state index in [1.54, 1.807) is 12.3 Å². The van der Waals surface area contributed by atoms with E-state index < -0.39 is 0 Å². The van der Waals surface area contributed by atoms with E-state index in [2.05, 4.69) is 38.2 Å². The molecule has 0 aliphatic heterocycles. The van der Waals surface area contributed by atoms with Crippen LogP contribution in [0.5, 0.6) is 0 Å². The lowest BCUT2D eigenvalue weighted by atomic mass is 9.94. The minimum Gasteiger partial charge on any atom is -0.351 e. The minimum absolute atomic E-state index is 0.0946. The van der Waals surface area contributed by atoms with Gasteiger partial charge in [0.25, 0.3) is 5.91 Å². The van der Waals surface area contributed by atoms with E-state index in [4.69, 9.17) is 0 Å². The molecule has 0 radical (unpaired) electrons. The molecule has 4 nitrogen and oxygen atoms in total. The molecule has 0 bridgehead atoms. The van der Waals surface area contributed by atoms with E-state index in [0.717, 1.165) is 23.5 Å². The molecular formula is C16H24BrN3O. The van der Waals surface area contributed by atoms with Crippen molar-refractivity contribution in [3.05, 3.63) is 28.5 Å². The number of hydrogen-bond acceptors (Lipinski definition) is 3. The summed E-state index contributed by atoms with van der Waals surface area (Å²) in [7, 11) is 2.20. The summed E-state index contributed by atoms with van der Waals surface area (Å²) in [5.41, 5.74) is 0.471. The van der Waals surface area contributed by atoms with Gasteiger partial charge in [0, 0.05) is 23.3 Å². The fourth-order valence-corrected chi connectivity index (χ4v) is 3.07. The molecule has 0 atom stereocenters. The number of carbonyl (C=O) groups is 1. The number of pyridine rings is 1. The summed E-state index contributed by atoms with van der Waals surface area (Å²) >= 11 is 3.31. The van der Waals surface area contributed by atoms with Crippen molar-refractivity contribution in [1.82, 2.24) is 15.2 Å². The summed E-state index contributed by atoms with van der Waals surface area (Å²) in [5, 5.41) is 2.93. The van der Waals surface area contributed by atoms with Crippen molar-refractivity contribution in [1.29, 1.82) is 0 Å². The molecule has 2 rings (SSSR count). The highest BCUT2D eigenvalue weighted by Crippen LogP contribution is 2.21. The van der Waals surface area contributed by atoms with Crippen LogP contribution >= 0.6 is 15.9 Å². The number of nitrogens with one attached hydrogen (secondary N) is 1. The standard InChI is InChI=1S/C16H24BrN3O/c1-20(14-6-3-2-4-7-14)11-5-10-18-16(21)15-9-8-13(17)12-19-15/h8-9,12,14H,2-7,10-11H2,1H3,(H,18,21). The van der Waals surface area contributed by atoms with E-state index in [-0.39, 0.29) is 5.91 Å². The molecule has 1 aliphatic rings. The lowest BCUT2D eigenvalue weighted by molar-refractivity contribution is 0.0945. The van der Waals surface area contributed by atoms with Crippen LogP contribution in [0.3, 0.4) is 0 Å². The summed E-state index contributed by atoms with van der Waals surface area (Å²) in [5.74, 6) is -0.0946. The first-order valence-electron chi connectivity index (χ1n) is 7.77. The molecule has 116 valence electrons. The van der Waals surface area contributed by atoms with Crippen LogP contribution < -0.4 is 5.32 Å². The van der Waals surface area contributed by atoms with E-state index in [1.807, 2.05) is 6.07 Å². The Morgan fingerprint density at radius 3 is 2.81 bits per heavy atom. The van der Waals surface area contributed by atoms with Crippen LogP contribution in [0.4, 0.5) is 0 Å². The summed E-state index contributed by atoms with van der Waals surface area (Å²) in [6.07, 6.45) is 9.39. The Hall–Kier alpha value is -0.940. The van der Waals surface area contributed by atoms with Crippen molar-refractivity contribution in [2.75, 3.05) is 20.1 Å². The van der Waals surface area contributed by atoms with Crippen molar-refractivity contribution < 1.29 is 4.79 Å². The molecule has 1 fully saturated rings. The Morgan fingerprint density at radius 1 is 1.38 bits per heavy atom. The fourth-order valence-electron chi connectivity index (χ4n) is 2.84. The maximum Gasteiger partial charge on any atom is 0.269 e. The van der Waals surface area contributed by atoms with E-state index in [9.17, 15) is 4.79 Å². The van der Waals surface area contributed by atoms with Gasteiger partial charge in [-0.2, -0.15) is 0 Å². The van der Waals surface area contributed by atoms with Crippen molar-refractivity contribution in [3.63, 3.8) is 0 Å². The van der Waals surface area contributed by atoms with Gasteiger partial charge < -0.3 is 10.2 Å². The van der Waals surface area contributed by atoms with Gasteiger partial charge in [-0.05, 0) is 60.9 Å². The number of rotatable bonds is 6. The summed E-state index contributed by atoms with van der Waals surface area (Å²) < 4.78 is 0.883. The average molecular weight is 354 g/mol. The number of aromatic nitrogens is 1. The zero-order chi connectivity index (χ0) is 15.1. The lowest BCUT2D eigenvalue weighted by Crippen LogP contribution is -2.35. The predicted octanol–water partition coefficient (Wildman–Crippen LogP) is 3.23. The van der Waals surface area contributed by atoms with Crippen LogP contribution in [-0.4, -0.2) is 42.0 Å². The van der Waals surface area contributed by atoms with Gasteiger partial charge in [-0.1, -0.05) is 19.3 Å². The first kappa shape index (κ1) is 16.4. The maximum atomic E-state index is 11.9. The largest absolute Gasteiger partial charge is 0.351 e. The Balaban J connectivity index is 1.64. The molecule has 0 unspecified atom stereocenters. The van der Waals surface area contributed by atoms with Crippen molar-refractivity contribution >= 4 is 21.8 Å². The number of carbonyl (C=O) groups excluding carboxylic acids is 1. The highest BCUT2D eigenvalue weighted by molar-refractivity contribution is 9.10. The number of amides is 1. The second-order valence-corrected chi connectivity index (χ2v) is 6.66. The topological polar surface area (TPSA) is 45.2 Å². The van der Waals surface area contributed by atoms with E-state index in [0.29, 0.717) is 12.2 Å². The Bertz CT molecular complexity index is 443. The highest BCUT2D eigenvalue weighted by atomic mass is 79.9. The average Bonchev–Trinajstić information content (AvgIpc) is 2.52. The highest BCUT2D eigenvalue weighted by Gasteiger charge is 2.17. The van der Waals surface area contributed by atoms with Crippen LogP contribution in [-0.2, 0) is 0 Å². The molecule has 1 saturated carbocycles. The fraction of sp³-hybridized carbons (Fsp3) is 0.625. The first-order chi connectivity index (χ1) is 10.2. The quantitative estimate of drug-likeness (QED) is 0.798. The maximum absolute atomic E-state index is 11.9. The normalized spacial score (nSPS) is 16.1. The summed E-state index contributed by atoms with van der Waals surface area (Å²) in [6.45, 7) is 1.74. The molecular weight excluding hydrogens is 330 g/mol. The molecule has 1 amide bonds. The molecule has 5 heteroatoms. The Morgan fingerprint density at radius 2 is 2.14 bits per heavy atom. The van der Waals surface area contributed by atoms with Crippen LogP contribution in [0, 0.1) is 0 Å². The van der Waals surface area contributed by atoms with Gasteiger partial charge in [-0.25, -0.2) is 4.98 Å². The minimum atomic E-state index is -0.0946. The van der Waals surface area contributed by atoms with Crippen molar-refractivity contribution in [2.45, 2.75) is 44.6 Å². The van der Waals surface area contributed by atoms with Gasteiger partial charge in [-0.3, -0.25) is 4.79 Å². The third kappa shape index (κ3) is 5.40. The SMILES string of the molecule is CN(CCCNC(=O)c1ccc(Br)cn1)C1CCCCC1. The molecule has 0 saturated heterocycles. The van der Waals surface area contributed by atoms with Crippen LogP contribution in [0.25, 0.3) is 0 Å². The summed E-state index contributed by atoms with van der Waals surface area (Å²) in [4.78, 5) is 18.4. The smallest absolute Gasteiger partial charge is 0.269 e. The van der Waals surface area contributed by atoms with Crippen LogP contribution in [0.2, 0.25) is 0 Å². The predicted molar refractivity (Wildman–Crippen MR) is 88.4 cm³/mol. The molecule has 1 N–H and O–H groups in total. The molecule has 0 aromatic carbocycles. The molecule has 1 heterocycles. The van der Waals surface area contributed by atoms with Gasteiger partial charge in [0.1, 0.15) is 5.69 Å². The molecule has 21 heavy (non-hydrogen) atoms. The molecule has 1 aromatic heterocycles. The number of halogens is 1. The van der Waals surface area contributed by atoms with Crippen molar-refractivity contribution in [3.8, 4) is 0 Å². The number of nitrogens with zero attached hydrogens (tertiary/aromatic N) is 2. The van der Waals surface area contributed by atoms with Crippen molar-refractivity contribution in [2.24, 2.45) is 0 Å². The third-order valence-electron chi connectivity index (χ3n) is 4.13. The van der Waals surface area contributed by atoms with Gasteiger partial charge in [0.15, 0.2) is 0 Å². The van der Waals surface area contributed by atoms with E-state index in [1.165, 1.54) is 32.1 Å². The van der Waals surface area contributed by atoms with Gasteiger partial charge in [-0.15, -0.1) is 0 Å². The van der Waals surface area contributed by atoms with Gasteiger partial charge in [0.2, 0.25) is 0 Å². The number of hydrogen-bond donors (Lipinski definition) is 1. The molecule has 0 spiro atoms. The zero-order valence-electron chi connectivity index (χ0n) is 12.6. The monoisotopic (exact) mass is 353 g/mol. The lowest BCUT2D eigenvalue weighted by Gasteiger charge is -2.31.